The van der Waals surface area contributed by atoms with Crippen molar-refractivity contribution in [2.24, 2.45) is 5.92 Å². The molecule has 6 rings (SSSR count). The zero-order chi connectivity index (χ0) is 32.6. The van der Waals surface area contributed by atoms with Gasteiger partial charge in [-0.15, -0.1) is 0 Å². The van der Waals surface area contributed by atoms with Gasteiger partial charge in [0, 0.05) is 76.5 Å². The Bertz CT molecular complexity index is 1480. The van der Waals surface area contributed by atoms with Crippen molar-refractivity contribution in [3.63, 3.8) is 0 Å². The lowest BCUT2D eigenvalue weighted by atomic mass is 9.93. The van der Waals surface area contributed by atoms with Gasteiger partial charge in [0.05, 0.1) is 25.8 Å². The first-order chi connectivity index (χ1) is 23.0. The number of hydrogen-bond acceptors (Lipinski definition) is 8. The molecular formula is C35H49N7O5. The molecule has 1 unspecified atom stereocenters. The number of hydrogen-bond donors (Lipinski definition) is 1. The van der Waals surface area contributed by atoms with Gasteiger partial charge in [-0.2, -0.15) is 0 Å². The summed E-state index contributed by atoms with van der Waals surface area (Å²) in [5.41, 5.74) is 1.40. The van der Waals surface area contributed by atoms with Gasteiger partial charge in [-0.05, 0) is 76.6 Å². The average Bonchev–Trinajstić information content (AvgIpc) is 3.77. The fourth-order valence-corrected chi connectivity index (χ4v) is 7.14. The molecule has 5 heterocycles. The number of aryl methyl sites for hydroxylation is 1. The Morgan fingerprint density at radius 1 is 0.915 bits per heavy atom. The molecule has 0 radical (unpaired) electrons. The van der Waals surface area contributed by atoms with Crippen molar-refractivity contribution < 1.29 is 23.8 Å². The first kappa shape index (κ1) is 33.0. The number of imidazole rings is 2. The summed E-state index contributed by atoms with van der Waals surface area (Å²) in [5, 5.41) is 0. The van der Waals surface area contributed by atoms with Crippen LogP contribution in [0.3, 0.4) is 0 Å². The number of methoxy groups -OCH3 is 1. The Morgan fingerprint density at radius 2 is 1.72 bits per heavy atom. The molecule has 3 aliphatic heterocycles. The maximum Gasteiger partial charge on any atom is 0.271 e. The molecule has 12 heteroatoms. The van der Waals surface area contributed by atoms with Crippen LogP contribution in [0.15, 0.2) is 36.8 Å². The maximum absolute atomic E-state index is 14.2. The lowest BCUT2D eigenvalue weighted by molar-refractivity contribution is -0.138. The Labute approximate surface area is 277 Å². The molecule has 254 valence electrons. The Balaban J connectivity index is 1.22. The molecule has 1 atom stereocenters. The molecule has 2 saturated heterocycles. The van der Waals surface area contributed by atoms with E-state index in [0.29, 0.717) is 74.8 Å². The highest BCUT2D eigenvalue weighted by Crippen LogP contribution is 2.32. The third-order valence-electron chi connectivity index (χ3n) is 9.73. The summed E-state index contributed by atoms with van der Waals surface area (Å²) in [6, 6.07) is 6.35. The van der Waals surface area contributed by atoms with Crippen LogP contribution in [0, 0.1) is 12.8 Å². The van der Waals surface area contributed by atoms with Crippen LogP contribution in [0.1, 0.15) is 61.3 Å². The van der Waals surface area contributed by atoms with E-state index in [9.17, 15) is 9.59 Å². The number of ether oxygens (including phenoxy) is 3. The Morgan fingerprint density at radius 3 is 2.51 bits per heavy atom. The number of amides is 2. The van der Waals surface area contributed by atoms with Crippen LogP contribution in [0.25, 0.3) is 11.4 Å². The third kappa shape index (κ3) is 8.16. The minimum atomic E-state index is -0.0724. The van der Waals surface area contributed by atoms with Crippen LogP contribution < -0.4 is 9.47 Å². The van der Waals surface area contributed by atoms with Gasteiger partial charge in [-0.25, -0.2) is 9.97 Å². The molecule has 2 aromatic heterocycles. The van der Waals surface area contributed by atoms with E-state index < -0.39 is 0 Å². The molecular weight excluding hydrogens is 598 g/mol. The normalized spacial score (nSPS) is 21.0. The highest BCUT2D eigenvalue weighted by atomic mass is 16.5. The molecule has 2 fully saturated rings. The molecule has 3 aromatic rings. The lowest BCUT2D eigenvalue weighted by Crippen LogP contribution is -2.50. The Kier molecular flexibility index (Phi) is 11.1. The molecule has 1 aromatic carbocycles. The highest BCUT2D eigenvalue weighted by molar-refractivity contribution is 5.92. The average molecular weight is 648 g/mol. The van der Waals surface area contributed by atoms with Crippen LogP contribution in [0.5, 0.6) is 11.5 Å². The highest BCUT2D eigenvalue weighted by Gasteiger charge is 2.33. The number of rotatable bonds is 4. The zero-order valence-corrected chi connectivity index (χ0v) is 27.9. The van der Waals surface area contributed by atoms with E-state index in [4.69, 9.17) is 14.2 Å². The van der Waals surface area contributed by atoms with Gasteiger partial charge in [-0.3, -0.25) is 14.5 Å². The summed E-state index contributed by atoms with van der Waals surface area (Å²) in [6.07, 6.45) is 11.7. The predicted octanol–water partition coefficient (Wildman–Crippen LogP) is 4.01. The van der Waals surface area contributed by atoms with E-state index in [1.807, 2.05) is 42.4 Å². The second-order valence-corrected chi connectivity index (χ2v) is 12.9. The molecule has 12 nitrogen and oxygen atoms in total. The Hall–Kier alpha value is -3.90. The number of carbonyl (C=O) groups is 2. The summed E-state index contributed by atoms with van der Waals surface area (Å²) in [7, 11) is 1.63. The molecule has 0 spiro atoms. The smallest absolute Gasteiger partial charge is 0.271 e. The lowest BCUT2D eigenvalue weighted by Gasteiger charge is -2.40. The fraction of sp³-hybridized carbons (Fsp3) is 0.600. The summed E-state index contributed by atoms with van der Waals surface area (Å²) < 4.78 is 19.5. The number of nitrogens with one attached hydrogen (secondary N) is 1. The number of H-pyrrole nitrogens is 1. The second-order valence-electron chi connectivity index (χ2n) is 12.9. The summed E-state index contributed by atoms with van der Waals surface area (Å²) in [5.74, 6) is 2.97. The minimum absolute atomic E-state index is 0.00838. The van der Waals surface area contributed by atoms with E-state index >= 15 is 0 Å². The molecule has 2 amide bonds. The SMILES string of the molecule is COc1ccc2cc1OCCCN(C(=O)c1cnc(C)[nH]1)CCCCN(C(=O)C1CCCN(C3CCOCC3)C1)CCn1ccnc1-2. The number of aromatic amines is 1. The van der Waals surface area contributed by atoms with Crippen molar-refractivity contribution in [3.8, 4) is 22.9 Å². The number of likely N-dealkylation sites (tertiary alicyclic amines) is 1. The number of aromatic nitrogens is 4. The van der Waals surface area contributed by atoms with Gasteiger partial charge in [0.1, 0.15) is 17.3 Å². The number of benzene rings is 1. The van der Waals surface area contributed by atoms with E-state index in [-0.39, 0.29) is 17.7 Å². The first-order valence-corrected chi connectivity index (χ1v) is 17.2. The zero-order valence-electron chi connectivity index (χ0n) is 27.9. The summed E-state index contributed by atoms with van der Waals surface area (Å²) >= 11 is 0. The van der Waals surface area contributed by atoms with Gasteiger partial charge >= 0.3 is 0 Å². The van der Waals surface area contributed by atoms with E-state index in [1.54, 1.807) is 13.3 Å². The summed E-state index contributed by atoms with van der Waals surface area (Å²) in [6.45, 7) is 8.75. The molecule has 1 N–H and O–H groups in total. The standard InChI is InChI=1S/C35H49N7O5/c1-26-37-24-30(38-26)35(44)40-13-3-4-14-41(34(43)28-7-5-15-42(25-28)29-10-21-46-22-11-29)19-18-39-17-12-36-33(39)27-8-9-31(45-2)32(23-27)47-20-6-16-40/h8-9,12,17,23-24,28-29H,3-7,10-11,13-16,18-22,25H2,1-2H3,(H,37,38). The third-order valence-corrected chi connectivity index (χ3v) is 9.73. The first-order valence-electron chi connectivity index (χ1n) is 17.2. The van der Waals surface area contributed by atoms with Crippen molar-refractivity contribution in [3.05, 3.63) is 48.3 Å². The van der Waals surface area contributed by atoms with E-state index in [0.717, 1.165) is 76.2 Å². The molecule has 0 aliphatic carbocycles. The largest absolute Gasteiger partial charge is 0.493 e. The van der Waals surface area contributed by atoms with Crippen molar-refractivity contribution in [2.75, 3.05) is 66.2 Å². The van der Waals surface area contributed by atoms with Crippen LogP contribution in [-0.2, 0) is 16.1 Å². The van der Waals surface area contributed by atoms with Crippen LogP contribution in [0.2, 0.25) is 0 Å². The monoisotopic (exact) mass is 647 g/mol. The van der Waals surface area contributed by atoms with E-state index in [2.05, 4.69) is 29.3 Å². The molecule has 0 saturated carbocycles. The summed E-state index contributed by atoms with van der Waals surface area (Å²) in [4.78, 5) is 46.2. The fourth-order valence-electron chi connectivity index (χ4n) is 7.14. The number of piperidine rings is 1. The van der Waals surface area contributed by atoms with E-state index in [1.165, 1.54) is 0 Å². The molecule has 47 heavy (non-hydrogen) atoms. The van der Waals surface area contributed by atoms with Crippen molar-refractivity contribution in [1.82, 2.24) is 34.2 Å². The van der Waals surface area contributed by atoms with Crippen LogP contribution >= 0.6 is 0 Å². The van der Waals surface area contributed by atoms with Crippen molar-refractivity contribution in [2.45, 2.75) is 64.5 Å². The molecule has 2 bridgehead atoms. The number of carbonyl (C=O) groups excluding carboxylic acids is 2. The topological polar surface area (TPSA) is 118 Å². The minimum Gasteiger partial charge on any atom is -0.493 e. The van der Waals surface area contributed by atoms with Gasteiger partial charge < -0.3 is 33.6 Å². The number of nitrogens with zero attached hydrogens (tertiary/aromatic N) is 6. The number of fused-ring (bicyclic) bond motifs is 4. The van der Waals surface area contributed by atoms with Crippen LogP contribution in [-0.4, -0.2) is 118 Å². The molecule has 3 aliphatic rings. The maximum atomic E-state index is 14.2. The quantitative estimate of drug-likeness (QED) is 0.452. The van der Waals surface area contributed by atoms with Gasteiger partial charge in [0.15, 0.2) is 11.5 Å². The predicted molar refractivity (Wildman–Crippen MR) is 178 cm³/mol. The van der Waals surface area contributed by atoms with Gasteiger partial charge in [-0.1, -0.05) is 0 Å². The van der Waals surface area contributed by atoms with Gasteiger partial charge in [0.25, 0.3) is 5.91 Å². The van der Waals surface area contributed by atoms with Crippen molar-refractivity contribution >= 4 is 11.8 Å². The van der Waals surface area contributed by atoms with Crippen molar-refractivity contribution in [1.29, 1.82) is 0 Å². The van der Waals surface area contributed by atoms with Gasteiger partial charge in [0.2, 0.25) is 5.91 Å². The van der Waals surface area contributed by atoms with Crippen LogP contribution in [0.4, 0.5) is 0 Å². The second kappa shape index (κ2) is 15.8.